The molecule has 1 aromatic heterocycles. The van der Waals surface area contributed by atoms with E-state index in [2.05, 4.69) is 14.9 Å². The lowest BCUT2D eigenvalue weighted by Gasteiger charge is -2.13. The fourth-order valence-corrected chi connectivity index (χ4v) is 3.29. The Kier molecular flexibility index (Phi) is 4.82. The summed E-state index contributed by atoms with van der Waals surface area (Å²) >= 11 is 0. The maximum Gasteiger partial charge on any atom is 0.241 e. The van der Waals surface area contributed by atoms with Crippen molar-refractivity contribution in [1.29, 1.82) is 0 Å². The summed E-state index contributed by atoms with van der Waals surface area (Å²) in [5.41, 5.74) is 1.38. The van der Waals surface area contributed by atoms with Gasteiger partial charge in [0.2, 0.25) is 21.8 Å². The lowest BCUT2D eigenvalue weighted by Crippen LogP contribution is -2.24. The van der Waals surface area contributed by atoms with Gasteiger partial charge >= 0.3 is 0 Å². The summed E-state index contributed by atoms with van der Waals surface area (Å²) in [6, 6.07) is 3.33. The van der Waals surface area contributed by atoms with Gasteiger partial charge in [0, 0.05) is 6.92 Å². The summed E-state index contributed by atoms with van der Waals surface area (Å²) in [4.78, 5) is 0.213. The van der Waals surface area contributed by atoms with E-state index in [9.17, 15) is 8.42 Å². The SMILES string of the molecule is CCOc1cc(C)c(S(=O)(=O)NCc2nnc(C)o2)cc1C. The molecule has 120 valence electrons. The summed E-state index contributed by atoms with van der Waals surface area (Å²) in [6.45, 7) is 7.55. The van der Waals surface area contributed by atoms with Crippen molar-refractivity contribution in [2.45, 2.75) is 39.1 Å². The number of hydrogen-bond donors (Lipinski definition) is 1. The van der Waals surface area contributed by atoms with Gasteiger partial charge in [0.05, 0.1) is 18.0 Å². The quantitative estimate of drug-likeness (QED) is 0.871. The van der Waals surface area contributed by atoms with Gasteiger partial charge in [-0.1, -0.05) is 0 Å². The minimum absolute atomic E-state index is 0.0468. The van der Waals surface area contributed by atoms with Crippen molar-refractivity contribution >= 4 is 10.0 Å². The van der Waals surface area contributed by atoms with Crippen molar-refractivity contribution in [2.75, 3.05) is 6.61 Å². The highest BCUT2D eigenvalue weighted by Gasteiger charge is 2.19. The zero-order valence-electron chi connectivity index (χ0n) is 13.0. The van der Waals surface area contributed by atoms with Crippen molar-refractivity contribution in [3.8, 4) is 5.75 Å². The minimum atomic E-state index is -3.67. The number of nitrogens with zero attached hydrogens (tertiary/aromatic N) is 2. The molecule has 0 aliphatic rings. The van der Waals surface area contributed by atoms with E-state index in [1.807, 2.05) is 13.8 Å². The zero-order chi connectivity index (χ0) is 16.3. The second-order valence-corrected chi connectivity index (χ2v) is 6.59. The number of ether oxygens (including phenoxy) is 1. The summed E-state index contributed by atoms with van der Waals surface area (Å²) in [5.74, 6) is 1.30. The van der Waals surface area contributed by atoms with Crippen LogP contribution in [0, 0.1) is 20.8 Å². The standard InChI is InChI=1S/C14H19N3O4S/c1-5-20-12-6-10(3)13(7-9(12)2)22(18,19)15-8-14-17-16-11(4)21-14/h6-7,15H,5,8H2,1-4H3. The van der Waals surface area contributed by atoms with Gasteiger partial charge in [-0.15, -0.1) is 10.2 Å². The van der Waals surface area contributed by atoms with Crippen LogP contribution in [0.5, 0.6) is 5.75 Å². The van der Waals surface area contributed by atoms with E-state index in [-0.39, 0.29) is 17.3 Å². The molecule has 0 saturated carbocycles. The summed E-state index contributed by atoms with van der Waals surface area (Å²) in [7, 11) is -3.67. The summed E-state index contributed by atoms with van der Waals surface area (Å²) in [6.07, 6.45) is 0. The van der Waals surface area contributed by atoms with Crippen LogP contribution in [0.15, 0.2) is 21.4 Å². The van der Waals surface area contributed by atoms with Crippen LogP contribution in [0.25, 0.3) is 0 Å². The highest BCUT2D eigenvalue weighted by atomic mass is 32.2. The smallest absolute Gasteiger partial charge is 0.241 e. The fraction of sp³-hybridized carbons (Fsp3) is 0.429. The lowest BCUT2D eigenvalue weighted by molar-refractivity contribution is 0.337. The first kappa shape index (κ1) is 16.4. The van der Waals surface area contributed by atoms with Gasteiger partial charge in [-0.05, 0) is 44.0 Å². The molecule has 0 amide bonds. The average Bonchev–Trinajstić information content (AvgIpc) is 2.86. The number of aromatic nitrogens is 2. The number of sulfonamides is 1. The van der Waals surface area contributed by atoms with E-state index in [0.29, 0.717) is 23.8 Å². The first-order valence-electron chi connectivity index (χ1n) is 6.86. The molecule has 0 spiro atoms. The Morgan fingerprint density at radius 1 is 1.18 bits per heavy atom. The predicted octanol–water partition coefficient (Wildman–Crippen LogP) is 1.87. The van der Waals surface area contributed by atoms with Crippen LogP contribution in [-0.4, -0.2) is 25.2 Å². The predicted molar refractivity (Wildman–Crippen MR) is 80.1 cm³/mol. The Balaban J connectivity index is 2.23. The van der Waals surface area contributed by atoms with Crippen LogP contribution in [0.2, 0.25) is 0 Å². The Labute approximate surface area is 129 Å². The van der Waals surface area contributed by atoms with Crippen LogP contribution in [0.4, 0.5) is 0 Å². The van der Waals surface area contributed by atoms with E-state index in [0.717, 1.165) is 5.56 Å². The van der Waals surface area contributed by atoms with Gasteiger partial charge in [-0.2, -0.15) is 0 Å². The van der Waals surface area contributed by atoms with Crippen LogP contribution in [0.3, 0.4) is 0 Å². The molecular formula is C14H19N3O4S. The second kappa shape index (κ2) is 6.45. The molecule has 0 aliphatic carbocycles. The highest BCUT2D eigenvalue weighted by molar-refractivity contribution is 7.89. The Hall–Kier alpha value is -1.93. The molecule has 2 rings (SSSR count). The van der Waals surface area contributed by atoms with E-state index >= 15 is 0 Å². The molecule has 0 atom stereocenters. The normalized spacial score (nSPS) is 11.6. The first-order chi connectivity index (χ1) is 10.3. The van der Waals surface area contributed by atoms with E-state index in [1.165, 1.54) is 0 Å². The number of aryl methyl sites for hydroxylation is 3. The second-order valence-electron chi connectivity index (χ2n) is 4.86. The Morgan fingerprint density at radius 3 is 2.50 bits per heavy atom. The van der Waals surface area contributed by atoms with Crippen molar-refractivity contribution in [3.05, 3.63) is 35.0 Å². The van der Waals surface area contributed by atoms with Gasteiger partial charge in [0.1, 0.15) is 5.75 Å². The van der Waals surface area contributed by atoms with Gasteiger partial charge in [-0.25, -0.2) is 13.1 Å². The highest BCUT2D eigenvalue weighted by Crippen LogP contribution is 2.25. The molecule has 0 saturated heterocycles. The Morgan fingerprint density at radius 2 is 1.91 bits per heavy atom. The maximum absolute atomic E-state index is 12.4. The van der Waals surface area contributed by atoms with Crippen LogP contribution in [-0.2, 0) is 16.6 Å². The van der Waals surface area contributed by atoms with Crippen molar-refractivity contribution in [3.63, 3.8) is 0 Å². The molecule has 2 aromatic rings. The molecule has 22 heavy (non-hydrogen) atoms. The zero-order valence-corrected chi connectivity index (χ0v) is 13.8. The van der Waals surface area contributed by atoms with Crippen LogP contribution >= 0.6 is 0 Å². The number of hydrogen-bond acceptors (Lipinski definition) is 6. The van der Waals surface area contributed by atoms with E-state index in [4.69, 9.17) is 9.15 Å². The van der Waals surface area contributed by atoms with E-state index < -0.39 is 10.0 Å². The molecule has 7 nitrogen and oxygen atoms in total. The van der Waals surface area contributed by atoms with Gasteiger partial charge in [-0.3, -0.25) is 0 Å². The molecule has 0 aliphatic heterocycles. The number of nitrogens with one attached hydrogen (secondary N) is 1. The summed E-state index contributed by atoms with van der Waals surface area (Å²) in [5, 5.41) is 7.41. The van der Waals surface area contributed by atoms with Gasteiger partial charge in [0.15, 0.2) is 0 Å². The number of benzene rings is 1. The van der Waals surface area contributed by atoms with Crippen molar-refractivity contribution in [1.82, 2.24) is 14.9 Å². The van der Waals surface area contributed by atoms with E-state index in [1.54, 1.807) is 26.0 Å². The van der Waals surface area contributed by atoms with Crippen molar-refractivity contribution in [2.24, 2.45) is 0 Å². The molecule has 0 radical (unpaired) electrons. The topological polar surface area (TPSA) is 94.3 Å². The third-order valence-corrected chi connectivity index (χ3v) is 4.59. The molecule has 0 bridgehead atoms. The van der Waals surface area contributed by atoms with Crippen LogP contribution in [0.1, 0.15) is 29.8 Å². The fourth-order valence-electron chi connectivity index (χ4n) is 2.01. The average molecular weight is 325 g/mol. The maximum atomic E-state index is 12.4. The third kappa shape index (κ3) is 3.63. The molecular weight excluding hydrogens is 306 g/mol. The first-order valence-corrected chi connectivity index (χ1v) is 8.34. The molecule has 8 heteroatoms. The van der Waals surface area contributed by atoms with Crippen molar-refractivity contribution < 1.29 is 17.6 Å². The lowest BCUT2D eigenvalue weighted by atomic mass is 10.1. The molecule has 0 fully saturated rings. The third-order valence-electron chi connectivity index (χ3n) is 3.04. The van der Waals surface area contributed by atoms with Crippen LogP contribution < -0.4 is 9.46 Å². The molecule has 1 N–H and O–H groups in total. The molecule has 0 unspecified atom stereocenters. The van der Waals surface area contributed by atoms with Gasteiger partial charge in [0.25, 0.3) is 0 Å². The Bertz CT molecular complexity index is 768. The number of rotatable bonds is 6. The molecule has 1 aromatic carbocycles. The largest absolute Gasteiger partial charge is 0.494 e. The monoisotopic (exact) mass is 325 g/mol. The van der Waals surface area contributed by atoms with Gasteiger partial charge < -0.3 is 9.15 Å². The minimum Gasteiger partial charge on any atom is -0.494 e. The summed E-state index contributed by atoms with van der Waals surface area (Å²) < 4.78 is 37.9. The molecule has 1 heterocycles.